The fourth-order valence-electron chi connectivity index (χ4n) is 1.67. The van der Waals surface area contributed by atoms with E-state index in [9.17, 15) is 0 Å². The molecule has 1 fully saturated rings. The smallest absolute Gasteiger partial charge is 0.0264 e. The monoisotopic (exact) mass is 208 g/mol. The summed E-state index contributed by atoms with van der Waals surface area (Å²) in [7, 11) is 2.91. The van der Waals surface area contributed by atoms with Crippen molar-refractivity contribution in [3.8, 4) is 0 Å². The lowest BCUT2D eigenvalue weighted by Crippen LogP contribution is -2.02. The molecule has 78 valence electrons. The summed E-state index contributed by atoms with van der Waals surface area (Å²) in [6.45, 7) is 2.08. The Hall–Kier alpha value is -0.350. The molecule has 0 aromatic heterocycles. The van der Waals surface area contributed by atoms with Gasteiger partial charge < -0.3 is 0 Å². The molecule has 1 atom stereocenters. The summed E-state index contributed by atoms with van der Waals surface area (Å²) in [5, 5.41) is 0. The second-order valence-corrected chi connectivity index (χ2v) is 5.00. The van der Waals surface area contributed by atoms with Gasteiger partial charge in [-0.15, -0.1) is 9.24 Å². The van der Waals surface area contributed by atoms with Crippen LogP contribution in [0.15, 0.2) is 30.3 Å². The molecule has 1 heteroatoms. The Morgan fingerprint density at radius 2 is 1.57 bits per heavy atom. The zero-order valence-corrected chi connectivity index (χ0v) is 10.2. The maximum absolute atomic E-state index is 2.91. The molecule has 0 heterocycles. The van der Waals surface area contributed by atoms with Crippen molar-refractivity contribution in [3.63, 3.8) is 0 Å². The highest BCUT2D eigenvalue weighted by Gasteiger charge is 2.06. The summed E-state index contributed by atoms with van der Waals surface area (Å²) in [6, 6.07) is 10.3. The van der Waals surface area contributed by atoms with Crippen LogP contribution in [-0.4, -0.2) is 5.66 Å². The minimum atomic E-state index is 0.953. The van der Waals surface area contributed by atoms with Crippen molar-refractivity contribution in [2.24, 2.45) is 0 Å². The number of benzene rings is 1. The molecule has 1 aromatic carbocycles. The van der Waals surface area contributed by atoms with Crippen LogP contribution in [0, 0.1) is 6.92 Å². The Kier molecular flexibility index (Phi) is 5.87. The van der Waals surface area contributed by atoms with E-state index < -0.39 is 0 Å². The molecule has 0 amide bonds. The third-order valence-corrected chi connectivity index (χ3v) is 3.26. The largest absolute Gasteiger partial charge is 0.134 e. The third-order valence-electron chi connectivity index (χ3n) is 2.59. The molecule has 14 heavy (non-hydrogen) atoms. The number of aryl methyl sites for hydroxylation is 1. The molecule has 0 bridgehead atoms. The average molecular weight is 208 g/mol. The van der Waals surface area contributed by atoms with E-state index in [1.807, 2.05) is 18.2 Å². The van der Waals surface area contributed by atoms with E-state index >= 15 is 0 Å². The van der Waals surface area contributed by atoms with Crippen LogP contribution in [-0.2, 0) is 0 Å². The van der Waals surface area contributed by atoms with Gasteiger partial charge in [0, 0.05) is 0 Å². The van der Waals surface area contributed by atoms with Gasteiger partial charge >= 0.3 is 0 Å². The highest BCUT2D eigenvalue weighted by molar-refractivity contribution is 7.17. The fourth-order valence-corrected chi connectivity index (χ4v) is 2.14. The first kappa shape index (κ1) is 11.7. The van der Waals surface area contributed by atoms with E-state index in [0.29, 0.717) is 0 Å². The van der Waals surface area contributed by atoms with Gasteiger partial charge in [-0.05, 0) is 25.4 Å². The van der Waals surface area contributed by atoms with Gasteiger partial charge in [-0.1, -0.05) is 55.2 Å². The van der Waals surface area contributed by atoms with Crippen LogP contribution in [0.3, 0.4) is 0 Å². The maximum atomic E-state index is 2.91. The Morgan fingerprint density at radius 1 is 1.00 bits per heavy atom. The Morgan fingerprint density at radius 3 is 1.86 bits per heavy atom. The molecule has 1 unspecified atom stereocenters. The van der Waals surface area contributed by atoms with Crippen LogP contribution < -0.4 is 0 Å². The predicted octanol–water partition coefficient (Wildman–Crippen LogP) is 4.19. The van der Waals surface area contributed by atoms with E-state index in [2.05, 4.69) is 28.3 Å². The Bertz CT molecular complexity index is 224. The lowest BCUT2D eigenvalue weighted by Gasteiger charge is -2.15. The van der Waals surface area contributed by atoms with E-state index in [1.54, 1.807) is 0 Å². The van der Waals surface area contributed by atoms with Crippen molar-refractivity contribution < 1.29 is 0 Å². The molecule has 1 aromatic rings. The van der Waals surface area contributed by atoms with Crippen molar-refractivity contribution in [1.82, 2.24) is 0 Å². The first-order chi connectivity index (χ1) is 6.79. The molecular formula is C13H21P. The second kappa shape index (κ2) is 7.01. The lowest BCUT2D eigenvalue weighted by molar-refractivity contribution is 0.516. The first-order valence-corrected chi connectivity index (χ1v) is 6.23. The molecule has 1 saturated carbocycles. The van der Waals surface area contributed by atoms with Gasteiger partial charge in [0.05, 0.1) is 0 Å². The molecule has 0 N–H and O–H groups in total. The van der Waals surface area contributed by atoms with Crippen LogP contribution in [0.5, 0.6) is 0 Å². The lowest BCUT2D eigenvalue weighted by atomic mass is 10.0. The SMILES string of the molecule is Cc1ccccc1.PC1CCCCC1. The Labute approximate surface area is 90.3 Å². The standard InChI is InChI=1S/C7H8.C6H13P/c1-7-5-3-2-4-6-7;7-6-4-2-1-3-5-6/h2-6H,1H3;6H,1-5,7H2. The quantitative estimate of drug-likeness (QED) is 0.561. The van der Waals surface area contributed by atoms with Crippen LogP contribution >= 0.6 is 9.24 Å². The molecule has 0 spiro atoms. The van der Waals surface area contributed by atoms with Gasteiger partial charge in [0.15, 0.2) is 0 Å². The van der Waals surface area contributed by atoms with E-state index in [-0.39, 0.29) is 0 Å². The van der Waals surface area contributed by atoms with Crippen molar-refractivity contribution >= 4 is 9.24 Å². The predicted molar refractivity (Wildman–Crippen MR) is 67.8 cm³/mol. The van der Waals surface area contributed by atoms with Crippen LogP contribution in [0.2, 0.25) is 0 Å². The molecule has 0 saturated heterocycles. The van der Waals surface area contributed by atoms with Gasteiger partial charge in [-0.2, -0.15) is 0 Å². The van der Waals surface area contributed by atoms with Crippen molar-refractivity contribution in [2.45, 2.75) is 44.7 Å². The van der Waals surface area contributed by atoms with Gasteiger partial charge in [0.25, 0.3) is 0 Å². The minimum absolute atomic E-state index is 0.953. The van der Waals surface area contributed by atoms with E-state index in [0.717, 1.165) is 5.66 Å². The summed E-state index contributed by atoms with van der Waals surface area (Å²) in [6.07, 6.45) is 7.31. The Balaban J connectivity index is 0.000000140. The van der Waals surface area contributed by atoms with E-state index in [1.165, 1.54) is 37.7 Å². The van der Waals surface area contributed by atoms with Crippen LogP contribution in [0.1, 0.15) is 37.7 Å². The van der Waals surface area contributed by atoms with Gasteiger partial charge in [0.2, 0.25) is 0 Å². The molecule has 0 nitrogen and oxygen atoms in total. The molecule has 1 aliphatic carbocycles. The number of rotatable bonds is 0. The zero-order chi connectivity index (χ0) is 10.2. The molecular weight excluding hydrogens is 187 g/mol. The topological polar surface area (TPSA) is 0 Å². The zero-order valence-electron chi connectivity index (χ0n) is 9.08. The maximum Gasteiger partial charge on any atom is -0.0264 e. The highest BCUT2D eigenvalue weighted by atomic mass is 31.0. The normalized spacial score (nSPS) is 17.0. The summed E-state index contributed by atoms with van der Waals surface area (Å²) >= 11 is 0. The van der Waals surface area contributed by atoms with Crippen LogP contribution in [0.25, 0.3) is 0 Å². The van der Waals surface area contributed by atoms with E-state index in [4.69, 9.17) is 0 Å². The highest BCUT2D eigenvalue weighted by Crippen LogP contribution is 2.23. The van der Waals surface area contributed by atoms with Gasteiger partial charge in [0.1, 0.15) is 0 Å². The van der Waals surface area contributed by atoms with Crippen molar-refractivity contribution in [3.05, 3.63) is 35.9 Å². The number of hydrogen-bond acceptors (Lipinski definition) is 0. The fraction of sp³-hybridized carbons (Fsp3) is 0.538. The van der Waals surface area contributed by atoms with Gasteiger partial charge in [-0.25, -0.2) is 0 Å². The molecule has 1 aliphatic rings. The molecule has 2 rings (SSSR count). The summed E-state index contributed by atoms with van der Waals surface area (Å²) in [5.74, 6) is 0. The van der Waals surface area contributed by atoms with Crippen LogP contribution in [0.4, 0.5) is 0 Å². The second-order valence-electron chi connectivity index (χ2n) is 4.05. The summed E-state index contributed by atoms with van der Waals surface area (Å²) < 4.78 is 0. The third kappa shape index (κ3) is 5.40. The molecule has 0 radical (unpaired) electrons. The van der Waals surface area contributed by atoms with Gasteiger partial charge in [-0.3, -0.25) is 0 Å². The number of hydrogen-bond donors (Lipinski definition) is 0. The average Bonchev–Trinajstić information content (AvgIpc) is 2.21. The summed E-state index contributed by atoms with van der Waals surface area (Å²) in [5.41, 5.74) is 2.27. The molecule has 0 aliphatic heterocycles. The first-order valence-electron chi connectivity index (χ1n) is 5.56. The summed E-state index contributed by atoms with van der Waals surface area (Å²) in [4.78, 5) is 0. The van der Waals surface area contributed by atoms with Crippen molar-refractivity contribution in [1.29, 1.82) is 0 Å². The minimum Gasteiger partial charge on any atom is -0.134 e. The van der Waals surface area contributed by atoms with Crippen molar-refractivity contribution in [2.75, 3.05) is 0 Å².